The molecule has 1 N–H and O–H groups in total. The molecule has 2 aromatic rings. The number of nitrogens with one attached hydrogen (secondary N) is 1. The average molecular weight is 382 g/mol. The molecule has 3 rings (SSSR count). The van der Waals surface area contributed by atoms with Crippen molar-refractivity contribution in [3.63, 3.8) is 0 Å². The van der Waals surface area contributed by atoms with Crippen LogP contribution in [0.3, 0.4) is 0 Å². The maximum absolute atomic E-state index is 12.3. The number of amides is 2. The number of hydrogen-bond donors (Lipinski definition) is 1. The van der Waals surface area contributed by atoms with E-state index in [9.17, 15) is 9.59 Å². The van der Waals surface area contributed by atoms with Gasteiger partial charge in [-0.2, -0.15) is 0 Å². The third-order valence-corrected chi connectivity index (χ3v) is 4.88. The van der Waals surface area contributed by atoms with Crippen molar-refractivity contribution in [3.05, 3.63) is 53.7 Å². The highest BCUT2D eigenvalue weighted by molar-refractivity contribution is 5.94. The molecular formula is C21H26N4O3. The summed E-state index contributed by atoms with van der Waals surface area (Å²) in [5.41, 5.74) is 1.73. The fourth-order valence-electron chi connectivity index (χ4n) is 3.05. The first-order chi connectivity index (χ1) is 13.6. The Morgan fingerprint density at radius 2 is 1.96 bits per heavy atom. The number of methoxy groups -OCH3 is 1. The maximum Gasteiger partial charge on any atom is 0.252 e. The van der Waals surface area contributed by atoms with Crippen molar-refractivity contribution in [2.24, 2.45) is 0 Å². The molecule has 2 amide bonds. The van der Waals surface area contributed by atoms with Crippen LogP contribution >= 0.6 is 0 Å². The third-order valence-electron chi connectivity index (χ3n) is 4.88. The first-order valence-electron chi connectivity index (χ1n) is 9.43. The van der Waals surface area contributed by atoms with E-state index in [2.05, 4.69) is 10.3 Å². The van der Waals surface area contributed by atoms with Gasteiger partial charge in [-0.15, -0.1) is 0 Å². The van der Waals surface area contributed by atoms with Crippen LogP contribution in [-0.4, -0.2) is 62.0 Å². The molecule has 0 bridgehead atoms. The number of likely N-dealkylation sites (N-methyl/N-ethyl adjacent to an activating group) is 1. The molecular weight excluding hydrogens is 356 g/mol. The Bertz CT molecular complexity index is 805. The fraction of sp³-hybridized carbons (Fsp3) is 0.381. The molecule has 1 aliphatic heterocycles. The van der Waals surface area contributed by atoms with Gasteiger partial charge in [-0.05, 0) is 42.7 Å². The van der Waals surface area contributed by atoms with Gasteiger partial charge >= 0.3 is 0 Å². The first kappa shape index (κ1) is 19.7. The SMILES string of the molecule is COc1ccc(CCCNC(=O)c2ccc(N3CCN(C)C(=O)C3)nc2)cc1. The average Bonchev–Trinajstić information content (AvgIpc) is 2.73. The van der Waals surface area contributed by atoms with E-state index < -0.39 is 0 Å². The lowest BCUT2D eigenvalue weighted by Crippen LogP contribution is -2.48. The molecule has 0 unspecified atom stereocenters. The van der Waals surface area contributed by atoms with E-state index in [1.807, 2.05) is 29.2 Å². The molecule has 0 spiro atoms. The predicted molar refractivity (Wildman–Crippen MR) is 108 cm³/mol. The zero-order valence-electron chi connectivity index (χ0n) is 16.4. The topological polar surface area (TPSA) is 74.8 Å². The van der Waals surface area contributed by atoms with Crippen LogP contribution in [0, 0.1) is 0 Å². The molecule has 7 nitrogen and oxygen atoms in total. The second-order valence-corrected chi connectivity index (χ2v) is 6.85. The molecule has 0 radical (unpaired) electrons. The van der Waals surface area contributed by atoms with Gasteiger partial charge < -0.3 is 19.9 Å². The van der Waals surface area contributed by atoms with Crippen LogP contribution in [0.2, 0.25) is 0 Å². The van der Waals surface area contributed by atoms with Crippen LogP contribution in [0.15, 0.2) is 42.6 Å². The smallest absolute Gasteiger partial charge is 0.252 e. The quantitative estimate of drug-likeness (QED) is 0.738. The highest BCUT2D eigenvalue weighted by atomic mass is 16.5. The summed E-state index contributed by atoms with van der Waals surface area (Å²) < 4.78 is 5.15. The lowest BCUT2D eigenvalue weighted by molar-refractivity contribution is -0.129. The van der Waals surface area contributed by atoms with Gasteiger partial charge in [0.15, 0.2) is 0 Å². The zero-order valence-corrected chi connectivity index (χ0v) is 16.4. The van der Waals surface area contributed by atoms with Crippen LogP contribution in [0.4, 0.5) is 5.82 Å². The van der Waals surface area contributed by atoms with E-state index in [0.717, 1.165) is 31.0 Å². The third kappa shape index (κ3) is 5.00. The summed E-state index contributed by atoms with van der Waals surface area (Å²) >= 11 is 0. The number of carbonyl (C=O) groups is 2. The molecule has 7 heteroatoms. The summed E-state index contributed by atoms with van der Waals surface area (Å²) in [6, 6.07) is 11.5. The van der Waals surface area contributed by atoms with E-state index in [1.165, 1.54) is 5.56 Å². The molecule has 2 heterocycles. The summed E-state index contributed by atoms with van der Waals surface area (Å²) in [6.07, 6.45) is 3.31. The lowest BCUT2D eigenvalue weighted by atomic mass is 10.1. The van der Waals surface area contributed by atoms with Crippen molar-refractivity contribution in [1.82, 2.24) is 15.2 Å². The second-order valence-electron chi connectivity index (χ2n) is 6.85. The fourth-order valence-corrected chi connectivity index (χ4v) is 3.05. The van der Waals surface area contributed by atoms with E-state index >= 15 is 0 Å². The highest BCUT2D eigenvalue weighted by Gasteiger charge is 2.22. The van der Waals surface area contributed by atoms with Crippen LogP contribution < -0.4 is 15.0 Å². The molecule has 0 saturated carbocycles. The zero-order chi connectivity index (χ0) is 19.9. The number of anilines is 1. The van der Waals surface area contributed by atoms with Gasteiger partial charge in [0, 0.05) is 32.9 Å². The second kappa shape index (κ2) is 9.21. The van der Waals surface area contributed by atoms with Crippen LogP contribution in [0.5, 0.6) is 5.75 Å². The van der Waals surface area contributed by atoms with Crippen molar-refractivity contribution in [1.29, 1.82) is 0 Å². The lowest BCUT2D eigenvalue weighted by Gasteiger charge is -2.32. The van der Waals surface area contributed by atoms with Gasteiger partial charge in [-0.1, -0.05) is 12.1 Å². The normalized spacial score (nSPS) is 14.1. The minimum Gasteiger partial charge on any atom is -0.497 e. The van der Waals surface area contributed by atoms with E-state index in [0.29, 0.717) is 25.2 Å². The van der Waals surface area contributed by atoms with Gasteiger partial charge in [0.05, 0.1) is 19.2 Å². The van der Waals surface area contributed by atoms with E-state index in [-0.39, 0.29) is 11.8 Å². The number of ether oxygens (including phenoxy) is 1. The Balaban J connectivity index is 1.44. The number of carbonyl (C=O) groups excluding carboxylic acids is 2. The van der Waals surface area contributed by atoms with E-state index in [1.54, 1.807) is 37.4 Å². The van der Waals surface area contributed by atoms with Crippen LogP contribution in [-0.2, 0) is 11.2 Å². The monoisotopic (exact) mass is 382 g/mol. The molecule has 0 atom stereocenters. The molecule has 1 fully saturated rings. The van der Waals surface area contributed by atoms with Gasteiger partial charge in [0.1, 0.15) is 11.6 Å². The van der Waals surface area contributed by atoms with Crippen molar-refractivity contribution < 1.29 is 14.3 Å². The van der Waals surface area contributed by atoms with Gasteiger partial charge in [-0.25, -0.2) is 4.98 Å². The molecule has 1 aromatic heterocycles. The Kier molecular flexibility index (Phi) is 6.47. The molecule has 1 aliphatic rings. The number of benzene rings is 1. The van der Waals surface area contributed by atoms with Gasteiger partial charge in [0.25, 0.3) is 5.91 Å². The van der Waals surface area contributed by atoms with Crippen molar-refractivity contribution in [2.45, 2.75) is 12.8 Å². The Hall–Kier alpha value is -3.09. The molecule has 0 aliphatic carbocycles. The maximum atomic E-state index is 12.3. The number of pyridine rings is 1. The molecule has 28 heavy (non-hydrogen) atoms. The van der Waals surface area contributed by atoms with Gasteiger partial charge in [0.2, 0.25) is 5.91 Å². The minimum absolute atomic E-state index is 0.0757. The Morgan fingerprint density at radius 3 is 2.61 bits per heavy atom. The number of piperazine rings is 1. The highest BCUT2D eigenvalue weighted by Crippen LogP contribution is 2.15. The summed E-state index contributed by atoms with van der Waals surface area (Å²) in [7, 11) is 3.45. The van der Waals surface area contributed by atoms with Crippen LogP contribution in [0.25, 0.3) is 0 Å². The predicted octanol–water partition coefficient (Wildman–Crippen LogP) is 1.73. The van der Waals surface area contributed by atoms with Crippen LogP contribution in [0.1, 0.15) is 22.3 Å². The van der Waals surface area contributed by atoms with E-state index in [4.69, 9.17) is 4.74 Å². The van der Waals surface area contributed by atoms with Crippen molar-refractivity contribution in [2.75, 3.05) is 45.2 Å². The summed E-state index contributed by atoms with van der Waals surface area (Å²) in [4.78, 5) is 32.1. The molecule has 1 aromatic carbocycles. The summed E-state index contributed by atoms with van der Waals surface area (Å²) in [5, 5.41) is 2.93. The standard InChI is InChI=1S/C21H26N4O3/c1-24-12-13-25(15-20(24)26)19-10-7-17(14-23-19)21(27)22-11-3-4-16-5-8-18(28-2)9-6-16/h5-10,14H,3-4,11-13,15H2,1-2H3,(H,22,27). The minimum atomic E-state index is -0.136. The number of aryl methyl sites for hydroxylation is 1. The molecule has 148 valence electrons. The Labute approximate surface area is 165 Å². The number of nitrogens with zero attached hydrogens (tertiary/aromatic N) is 3. The number of aromatic nitrogens is 1. The largest absolute Gasteiger partial charge is 0.497 e. The Morgan fingerprint density at radius 1 is 1.18 bits per heavy atom. The molecule has 1 saturated heterocycles. The number of hydrogen-bond acceptors (Lipinski definition) is 5. The summed E-state index contributed by atoms with van der Waals surface area (Å²) in [6.45, 7) is 2.34. The van der Waals surface area contributed by atoms with Crippen molar-refractivity contribution in [3.8, 4) is 5.75 Å². The van der Waals surface area contributed by atoms with Crippen molar-refractivity contribution >= 4 is 17.6 Å². The summed E-state index contributed by atoms with van der Waals surface area (Å²) in [5.74, 6) is 1.50. The first-order valence-corrected chi connectivity index (χ1v) is 9.43. The van der Waals surface area contributed by atoms with Gasteiger partial charge in [-0.3, -0.25) is 9.59 Å². The number of rotatable bonds is 7.